The van der Waals surface area contributed by atoms with Crippen molar-refractivity contribution in [3.63, 3.8) is 0 Å². The van der Waals surface area contributed by atoms with E-state index < -0.39 is 5.76 Å². The van der Waals surface area contributed by atoms with Crippen LogP contribution in [0.25, 0.3) is 0 Å². The Morgan fingerprint density at radius 2 is 1.59 bits per heavy atom. The zero-order chi connectivity index (χ0) is 16.3. The standard InChI is InChI=1S/C17H17F2NOS/c1-10-8-11(2)15(12(3)9-10)16(21)20-13-4-6-14(7-5-13)22-17(18)19/h4-9,17H,1-3H3,(H,20,21). The first-order valence-corrected chi connectivity index (χ1v) is 7.69. The van der Waals surface area contributed by atoms with Gasteiger partial charge in [0.15, 0.2) is 0 Å². The number of halogens is 2. The largest absolute Gasteiger partial charge is 0.322 e. The first-order chi connectivity index (χ1) is 10.4. The predicted molar refractivity (Wildman–Crippen MR) is 86.9 cm³/mol. The van der Waals surface area contributed by atoms with Crippen molar-refractivity contribution in [2.24, 2.45) is 0 Å². The summed E-state index contributed by atoms with van der Waals surface area (Å²) in [6.45, 7) is 5.79. The van der Waals surface area contributed by atoms with Crippen molar-refractivity contribution in [3.05, 3.63) is 58.7 Å². The van der Waals surface area contributed by atoms with Gasteiger partial charge in [-0.25, -0.2) is 0 Å². The van der Waals surface area contributed by atoms with Gasteiger partial charge in [-0.2, -0.15) is 8.78 Å². The second-order valence-corrected chi connectivity index (χ2v) is 6.19. The number of thioether (sulfide) groups is 1. The lowest BCUT2D eigenvalue weighted by Crippen LogP contribution is -2.15. The Morgan fingerprint density at radius 1 is 1.05 bits per heavy atom. The molecule has 1 N–H and O–H groups in total. The molecule has 0 spiro atoms. The van der Waals surface area contributed by atoms with Gasteiger partial charge in [-0.15, -0.1) is 0 Å². The van der Waals surface area contributed by atoms with Gasteiger partial charge in [-0.3, -0.25) is 4.79 Å². The predicted octanol–water partition coefficient (Wildman–Crippen LogP) is 5.18. The Morgan fingerprint density at radius 3 is 2.09 bits per heavy atom. The van der Waals surface area contributed by atoms with Crippen LogP contribution in [-0.4, -0.2) is 11.7 Å². The molecule has 0 radical (unpaired) electrons. The number of aryl methyl sites for hydroxylation is 3. The van der Waals surface area contributed by atoms with E-state index in [0.29, 0.717) is 27.9 Å². The van der Waals surface area contributed by atoms with E-state index in [1.165, 1.54) is 0 Å². The molecular weight excluding hydrogens is 304 g/mol. The normalized spacial score (nSPS) is 10.8. The number of carbonyl (C=O) groups is 1. The minimum Gasteiger partial charge on any atom is -0.322 e. The molecule has 22 heavy (non-hydrogen) atoms. The smallest absolute Gasteiger partial charge is 0.288 e. The Kier molecular flexibility index (Phi) is 5.19. The minimum absolute atomic E-state index is 0.190. The van der Waals surface area contributed by atoms with E-state index in [2.05, 4.69) is 5.32 Å². The fourth-order valence-electron chi connectivity index (χ4n) is 2.45. The molecule has 0 heterocycles. The number of hydrogen-bond acceptors (Lipinski definition) is 2. The molecule has 2 rings (SSSR count). The molecule has 5 heteroatoms. The second kappa shape index (κ2) is 6.92. The summed E-state index contributed by atoms with van der Waals surface area (Å²) in [5.41, 5.74) is 4.18. The Hall–Kier alpha value is -1.88. The van der Waals surface area contributed by atoms with E-state index in [-0.39, 0.29) is 5.91 Å². The fourth-order valence-corrected chi connectivity index (χ4v) is 2.95. The van der Waals surface area contributed by atoms with Crippen molar-refractivity contribution < 1.29 is 13.6 Å². The van der Waals surface area contributed by atoms with Gasteiger partial charge in [0.2, 0.25) is 0 Å². The number of anilines is 1. The fraction of sp³-hybridized carbons (Fsp3) is 0.235. The number of amides is 1. The number of alkyl halides is 2. The Bertz CT molecular complexity index is 661. The maximum absolute atomic E-state index is 12.4. The van der Waals surface area contributed by atoms with Gasteiger partial charge in [0.05, 0.1) is 0 Å². The quantitative estimate of drug-likeness (QED) is 0.786. The SMILES string of the molecule is Cc1cc(C)c(C(=O)Nc2ccc(SC(F)F)cc2)c(C)c1. The molecule has 2 aromatic carbocycles. The van der Waals surface area contributed by atoms with Crippen LogP contribution in [0.1, 0.15) is 27.0 Å². The van der Waals surface area contributed by atoms with Gasteiger partial charge in [0.25, 0.3) is 11.7 Å². The summed E-state index contributed by atoms with van der Waals surface area (Å²) in [5, 5.41) is 2.80. The highest BCUT2D eigenvalue weighted by atomic mass is 32.2. The number of hydrogen-bond donors (Lipinski definition) is 1. The first kappa shape index (κ1) is 16.5. The summed E-state index contributed by atoms with van der Waals surface area (Å²) in [6.07, 6.45) is 0. The Balaban J connectivity index is 2.15. The molecule has 0 aliphatic rings. The summed E-state index contributed by atoms with van der Waals surface area (Å²) in [6, 6.07) is 10.3. The monoisotopic (exact) mass is 321 g/mol. The van der Waals surface area contributed by atoms with Crippen molar-refractivity contribution in [3.8, 4) is 0 Å². The number of nitrogens with one attached hydrogen (secondary N) is 1. The van der Waals surface area contributed by atoms with Gasteiger partial charge < -0.3 is 5.32 Å². The number of benzene rings is 2. The average Bonchev–Trinajstić information content (AvgIpc) is 2.39. The highest BCUT2D eigenvalue weighted by Crippen LogP contribution is 2.26. The molecule has 2 aromatic rings. The zero-order valence-electron chi connectivity index (χ0n) is 12.6. The molecule has 0 unspecified atom stereocenters. The molecule has 0 saturated heterocycles. The van der Waals surface area contributed by atoms with Crippen LogP contribution in [0.4, 0.5) is 14.5 Å². The lowest BCUT2D eigenvalue weighted by atomic mass is 9.99. The van der Waals surface area contributed by atoms with Crippen molar-refractivity contribution in [2.75, 3.05) is 5.32 Å². The van der Waals surface area contributed by atoms with Gasteiger partial charge in [0, 0.05) is 16.1 Å². The van der Waals surface area contributed by atoms with E-state index in [0.717, 1.165) is 16.7 Å². The summed E-state index contributed by atoms with van der Waals surface area (Å²) in [4.78, 5) is 12.9. The lowest BCUT2D eigenvalue weighted by Gasteiger charge is -2.12. The third-order valence-electron chi connectivity index (χ3n) is 3.24. The maximum Gasteiger partial charge on any atom is 0.288 e. The molecule has 0 atom stereocenters. The van der Waals surface area contributed by atoms with Gasteiger partial charge in [-0.1, -0.05) is 29.5 Å². The van der Waals surface area contributed by atoms with E-state index >= 15 is 0 Å². The molecule has 0 bridgehead atoms. The van der Waals surface area contributed by atoms with Crippen molar-refractivity contribution in [2.45, 2.75) is 31.4 Å². The molecule has 0 aliphatic carbocycles. The van der Waals surface area contributed by atoms with Gasteiger partial charge in [-0.05, 0) is 56.2 Å². The van der Waals surface area contributed by atoms with Crippen LogP contribution in [0.3, 0.4) is 0 Å². The van der Waals surface area contributed by atoms with Crippen LogP contribution in [-0.2, 0) is 0 Å². The van der Waals surface area contributed by atoms with Crippen LogP contribution < -0.4 is 5.32 Å². The third-order valence-corrected chi connectivity index (χ3v) is 3.96. The molecule has 0 fully saturated rings. The maximum atomic E-state index is 12.4. The topological polar surface area (TPSA) is 29.1 Å². The molecular formula is C17H17F2NOS. The van der Waals surface area contributed by atoms with Crippen LogP contribution in [0.5, 0.6) is 0 Å². The van der Waals surface area contributed by atoms with Crippen LogP contribution in [0, 0.1) is 20.8 Å². The summed E-state index contributed by atoms with van der Waals surface area (Å²) in [5.74, 6) is -2.64. The zero-order valence-corrected chi connectivity index (χ0v) is 13.4. The van der Waals surface area contributed by atoms with Crippen LogP contribution in [0.15, 0.2) is 41.3 Å². The van der Waals surface area contributed by atoms with Crippen molar-refractivity contribution in [1.29, 1.82) is 0 Å². The van der Waals surface area contributed by atoms with Crippen molar-refractivity contribution >= 4 is 23.4 Å². The summed E-state index contributed by atoms with van der Waals surface area (Å²) >= 11 is 0.483. The van der Waals surface area contributed by atoms with E-state index in [1.807, 2.05) is 32.9 Å². The van der Waals surface area contributed by atoms with Crippen molar-refractivity contribution in [1.82, 2.24) is 0 Å². The second-order valence-electron chi connectivity index (χ2n) is 5.13. The molecule has 1 amide bonds. The highest BCUT2D eigenvalue weighted by Gasteiger charge is 2.13. The van der Waals surface area contributed by atoms with Gasteiger partial charge >= 0.3 is 0 Å². The molecule has 2 nitrogen and oxygen atoms in total. The third kappa shape index (κ3) is 4.07. The molecule has 0 saturated carbocycles. The summed E-state index contributed by atoms with van der Waals surface area (Å²) in [7, 11) is 0. The Labute approximate surface area is 132 Å². The molecule has 0 aromatic heterocycles. The molecule has 0 aliphatic heterocycles. The average molecular weight is 321 g/mol. The van der Waals surface area contributed by atoms with Gasteiger partial charge in [0.1, 0.15) is 0 Å². The van der Waals surface area contributed by atoms with E-state index in [9.17, 15) is 13.6 Å². The minimum atomic E-state index is -2.45. The van der Waals surface area contributed by atoms with E-state index in [4.69, 9.17) is 0 Å². The van der Waals surface area contributed by atoms with Crippen LogP contribution >= 0.6 is 11.8 Å². The van der Waals surface area contributed by atoms with E-state index in [1.54, 1.807) is 24.3 Å². The lowest BCUT2D eigenvalue weighted by molar-refractivity contribution is 0.102. The summed E-state index contributed by atoms with van der Waals surface area (Å²) < 4.78 is 24.5. The number of carbonyl (C=O) groups excluding carboxylic acids is 1. The van der Waals surface area contributed by atoms with Crippen LogP contribution in [0.2, 0.25) is 0 Å². The highest BCUT2D eigenvalue weighted by molar-refractivity contribution is 7.99. The first-order valence-electron chi connectivity index (χ1n) is 6.81. The molecule has 116 valence electrons. The number of rotatable bonds is 4.